The van der Waals surface area contributed by atoms with E-state index in [1.807, 2.05) is 12.1 Å². The molecule has 3 fully saturated rings. The van der Waals surface area contributed by atoms with Crippen molar-refractivity contribution < 1.29 is 28.6 Å². The molecule has 2 aromatic rings. The summed E-state index contributed by atoms with van der Waals surface area (Å²) in [6.07, 6.45) is 7.59. The quantitative estimate of drug-likeness (QED) is 0.164. The molecule has 298 valence electrons. The molecule has 0 bridgehead atoms. The molecule has 0 spiro atoms. The van der Waals surface area contributed by atoms with Crippen LogP contribution in [0.5, 0.6) is 0 Å². The van der Waals surface area contributed by atoms with Gasteiger partial charge in [-0.15, -0.1) is 0 Å². The fourth-order valence-electron chi connectivity index (χ4n) is 10.0. The van der Waals surface area contributed by atoms with Gasteiger partial charge in [0.05, 0.1) is 16.7 Å². The number of ether oxygens (including phenoxy) is 3. The molecule has 8 heteroatoms. The summed E-state index contributed by atoms with van der Waals surface area (Å²) in [5, 5.41) is 7.39. The van der Waals surface area contributed by atoms with Gasteiger partial charge in [-0.25, -0.2) is 14.4 Å². The zero-order valence-electron chi connectivity index (χ0n) is 35.3. The van der Waals surface area contributed by atoms with Crippen molar-refractivity contribution in [3.05, 3.63) is 59.2 Å². The van der Waals surface area contributed by atoms with Gasteiger partial charge in [-0.3, -0.25) is 0 Å². The topological polar surface area (TPSA) is 103 Å². The standard InChI is InChI=1S/C46H68N2O6/c1-41(2)22-19-33(26-42(3,4)29-41)54-40(51)37-25-32(39(50)53-35-21-24-44(7,8)48-46(11,12)28-35)17-18-36(37)30-13-15-31(16-14-30)38(49)52-34-20-23-43(5,6)47-45(9,10)27-34/h13-18,25,33-35,47-48H,19-24,26-29H2,1-12H3. The van der Waals surface area contributed by atoms with Gasteiger partial charge in [0, 0.05) is 35.0 Å². The Bertz CT molecular complexity index is 1680. The lowest BCUT2D eigenvalue weighted by Crippen LogP contribution is -2.51. The van der Waals surface area contributed by atoms with Crippen molar-refractivity contribution in [2.45, 2.75) is 188 Å². The van der Waals surface area contributed by atoms with Crippen LogP contribution in [0.4, 0.5) is 0 Å². The summed E-state index contributed by atoms with van der Waals surface area (Å²) in [6, 6.07) is 12.3. The van der Waals surface area contributed by atoms with E-state index in [0.29, 0.717) is 28.7 Å². The normalized spacial score (nSPS) is 26.9. The van der Waals surface area contributed by atoms with Crippen LogP contribution in [-0.2, 0) is 14.2 Å². The van der Waals surface area contributed by atoms with Crippen LogP contribution in [0.2, 0.25) is 0 Å². The monoisotopic (exact) mass is 745 g/mol. The number of carbonyl (C=O) groups excluding carboxylic acids is 3. The Kier molecular flexibility index (Phi) is 11.9. The molecule has 1 saturated carbocycles. The van der Waals surface area contributed by atoms with E-state index in [1.54, 1.807) is 30.3 Å². The molecule has 2 aliphatic heterocycles. The van der Waals surface area contributed by atoms with Crippen LogP contribution < -0.4 is 10.6 Å². The maximum absolute atomic E-state index is 14.2. The smallest absolute Gasteiger partial charge is 0.339 e. The molecule has 2 aromatic carbocycles. The van der Waals surface area contributed by atoms with E-state index in [2.05, 4.69) is 93.7 Å². The molecule has 54 heavy (non-hydrogen) atoms. The summed E-state index contributed by atoms with van der Waals surface area (Å²) < 4.78 is 18.5. The average Bonchev–Trinajstić information content (AvgIpc) is 3.27. The molecule has 0 radical (unpaired) electrons. The van der Waals surface area contributed by atoms with Gasteiger partial charge in [0.15, 0.2) is 0 Å². The van der Waals surface area contributed by atoms with E-state index < -0.39 is 11.9 Å². The Labute approximate surface area is 325 Å². The number of esters is 3. The zero-order valence-corrected chi connectivity index (χ0v) is 35.3. The highest BCUT2D eigenvalue weighted by Gasteiger charge is 2.39. The molecule has 0 aromatic heterocycles. The molecule has 5 rings (SSSR count). The van der Waals surface area contributed by atoms with E-state index in [4.69, 9.17) is 14.2 Å². The van der Waals surface area contributed by atoms with Crippen LogP contribution in [0.15, 0.2) is 42.5 Å². The summed E-state index contributed by atoms with van der Waals surface area (Å²) in [7, 11) is 0. The summed E-state index contributed by atoms with van der Waals surface area (Å²) >= 11 is 0. The first-order valence-electron chi connectivity index (χ1n) is 20.3. The molecule has 3 unspecified atom stereocenters. The third-order valence-electron chi connectivity index (χ3n) is 11.6. The Hall–Kier alpha value is -3.23. The van der Waals surface area contributed by atoms with Crippen LogP contribution in [0.3, 0.4) is 0 Å². The van der Waals surface area contributed by atoms with Crippen molar-refractivity contribution in [3.8, 4) is 11.1 Å². The number of rotatable bonds is 7. The minimum absolute atomic E-state index is 0.0129. The maximum atomic E-state index is 14.2. The summed E-state index contributed by atoms with van der Waals surface area (Å²) in [5.74, 6) is -1.27. The van der Waals surface area contributed by atoms with Gasteiger partial charge in [-0.1, -0.05) is 45.9 Å². The van der Waals surface area contributed by atoms with E-state index in [9.17, 15) is 14.4 Å². The van der Waals surface area contributed by atoms with Crippen molar-refractivity contribution in [1.29, 1.82) is 0 Å². The molecule has 2 saturated heterocycles. The predicted molar refractivity (Wildman–Crippen MR) is 216 cm³/mol. The summed E-state index contributed by atoms with van der Waals surface area (Å²) in [5.41, 5.74) is 2.12. The summed E-state index contributed by atoms with van der Waals surface area (Å²) in [6.45, 7) is 26.4. The van der Waals surface area contributed by atoms with Crippen molar-refractivity contribution in [3.63, 3.8) is 0 Å². The van der Waals surface area contributed by atoms with Crippen molar-refractivity contribution >= 4 is 17.9 Å². The van der Waals surface area contributed by atoms with Gasteiger partial charge in [0.1, 0.15) is 18.3 Å². The predicted octanol–water partition coefficient (Wildman–Crippen LogP) is 10.2. The van der Waals surface area contributed by atoms with Gasteiger partial charge in [-0.2, -0.15) is 0 Å². The molecule has 3 atom stereocenters. The molecule has 2 heterocycles. The van der Waals surface area contributed by atoms with Gasteiger partial charge < -0.3 is 24.8 Å². The zero-order chi connectivity index (χ0) is 39.9. The fraction of sp³-hybridized carbons (Fsp3) is 0.674. The lowest BCUT2D eigenvalue weighted by molar-refractivity contribution is 0.0189. The molecule has 2 N–H and O–H groups in total. The highest BCUT2D eigenvalue weighted by Crippen LogP contribution is 2.45. The van der Waals surface area contributed by atoms with Gasteiger partial charge in [0.25, 0.3) is 0 Å². The van der Waals surface area contributed by atoms with Gasteiger partial charge in [0.2, 0.25) is 0 Å². The molecule has 3 aliphatic rings. The first-order chi connectivity index (χ1) is 24.8. The third-order valence-corrected chi connectivity index (χ3v) is 11.6. The van der Waals surface area contributed by atoms with Crippen molar-refractivity contribution in [1.82, 2.24) is 10.6 Å². The van der Waals surface area contributed by atoms with E-state index in [0.717, 1.165) is 63.4 Å². The second-order valence-corrected chi connectivity index (χ2v) is 20.9. The minimum Gasteiger partial charge on any atom is -0.459 e. The Morgan fingerprint density at radius 3 is 1.50 bits per heavy atom. The SMILES string of the molecule is CC1(C)CCC(OC(=O)c2cc(C(=O)OC3CCC(C)(C)NC(C)(C)C3)ccc2-c2ccc(C(=O)OC3CCC(C)(C)NC(C)(C)C3)cc2)CC(C)(C)C1. The van der Waals surface area contributed by atoms with Crippen molar-refractivity contribution in [2.75, 3.05) is 0 Å². The highest BCUT2D eigenvalue weighted by atomic mass is 16.6. The average molecular weight is 745 g/mol. The van der Waals surface area contributed by atoms with Crippen LogP contribution in [0.1, 0.15) is 178 Å². The van der Waals surface area contributed by atoms with E-state index in [-0.39, 0.29) is 57.3 Å². The minimum atomic E-state index is -0.460. The molecular weight excluding hydrogens is 677 g/mol. The largest absolute Gasteiger partial charge is 0.459 e. The molecule has 0 amide bonds. The maximum Gasteiger partial charge on any atom is 0.339 e. The number of carbonyl (C=O) groups is 3. The Morgan fingerprint density at radius 1 is 0.519 bits per heavy atom. The molecule has 1 aliphatic carbocycles. The second-order valence-electron chi connectivity index (χ2n) is 20.9. The van der Waals surface area contributed by atoms with E-state index >= 15 is 0 Å². The van der Waals surface area contributed by atoms with Gasteiger partial charge in [-0.05, 0) is 153 Å². The van der Waals surface area contributed by atoms with Crippen LogP contribution >= 0.6 is 0 Å². The number of hydrogen-bond acceptors (Lipinski definition) is 8. The summed E-state index contributed by atoms with van der Waals surface area (Å²) in [4.78, 5) is 41.3. The second kappa shape index (κ2) is 15.4. The highest BCUT2D eigenvalue weighted by molar-refractivity contribution is 6.01. The fourth-order valence-corrected chi connectivity index (χ4v) is 10.0. The lowest BCUT2D eigenvalue weighted by atomic mass is 9.74. The molecule has 8 nitrogen and oxygen atoms in total. The molecular formula is C46H68N2O6. The Morgan fingerprint density at radius 2 is 0.963 bits per heavy atom. The van der Waals surface area contributed by atoms with Gasteiger partial charge >= 0.3 is 17.9 Å². The number of hydrogen-bond donors (Lipinski definition) is 2. The lowest BCUT2D eigenvalue weighted by Gasteiger charge is -2.34. The van der Waals surface area contributed by atoms with Crippen LogP contribution in [0.25, 0.3) is 11.1 Å². The first-order valence-corrected chi connectivity index (χ1v) is 20.3. The third kappa shape index (κ3) is 11.4. The van der Waals surface area contributed by atoms with Crippen molar-refractivity contribution in [2.24, 2.45) is 10.8 Å². The number of nitrogens with one attached hydrogen (secondary N) is 2. The van der Waals surface area contributed by atoms with Crippen LogP contribution in [0, 0.1) is 10.8 Å². The number of benzene rings is 2. The van der Waals surface area contributed by atoms with Crippen LogP contribution in [-0.4, -0.2) is 58.4 Å². The first kappa shape index (κ1) is 41.9. The Balaban J connectivity index is 1.40. The van der Waals surface area contributed by atoms with E-state index in [1.165, 1.54) is 0 Å².